The molecule has 6 nitrogen and oxygen atoms in total. The van der Waals surface area contributed by atoms with E-state index in [0.717, 1.165) is 31.9 Å². The average Bonchev–Trinajstić information content (AvgIpc) is 3.61. The molecule has 4 aromatic rings. The Labute approximate surface area is 193 Å². The Bertz CT molecular complexity index is 1260. The lowest BCUT2D eigenvalue weighted by Crippen LogP contribution is -2.31. The first-order valence-electron chi connectivity index (χ1n) is 10.4. The van der Waals surface area contributed by atoms with Crippen LogP contribution in [0.2, 0.25) is 0 Å². The second-order valence-corrected chi connectivity index (χ2v) is 9.44. The van der Waals surface area contributed by atoms with Gasteiger partial charge >= 0.3 is 5.97 Å². The SMILES string of the molecule is O=C(CCc1c[nH]c2ccccc12)OCC(=O)N1N=C(c2cccs2)CC1c1cccs1. The van der Waals surface area contributed by atoms with E-state index in [2.05, 4.69) is 10.1 Å². The molecule has 0 aliphatic carbocycles. The molecule has 1 atom stereocenters. The van der Waals surface area contributed by atoms with Crippen LogP contribution in [0.15, 0.2) is 70.6 Å². The molecule has 0 saturated carbocycles. The van der Waals surface area contributed by atoms with Gasteiger partial charge in [-0.1, -0.05) is 30.3 Å². The van der Waals surface area contributed by atoms with Crippen molar-refractivity contribution < 1.29 is 14.3 Å². The maximum atomic E-state index is 12.9. The van der Waals surface area contributed by atoms with Gasteiger partial charge in [0.2, 0.25) is 0 Å². The normalized spacial score (nSPS) is 15.8. The zero-order chi connectivity index (χ0) is 21.9. The van der Waals surface area contributed by atoms with Gasteiger partial charge in [-0.2, -0.15) is 5.10 Å². The van der Waals surface area contributed by atoms with E-state index in [-0.39, 0.29) is 25.0 Å². The number of aromatic amines is 1. The Hall–Kier alpha value is -3.23. The summed E-state index contributed by atoms with van der Waals surface area (Å²) in [7, 11) is 0. The first-order chi connectivity index (χ1) is 15.7. The van der Waals surface area contributed by atoms with Crippen molar-refractivity contribution in [1.29, 1.82) is 0 Å². The number of thiophene rings is 2. The van der Waals surface area contributed by atoms with Crippen molar-refractivity contribution in [3.63, 3.8) is 0 Å². The zero-order valence-corrected chi connectivity index (χ0v) is 18.8. The minimum absolute atomic E-state index is 0.162. The number of carbonyl (C=O) groups excluding carboxylic acids is 2. The molecule has 3 aromatic heterocycles. The number of hydrogen-bond acceptors (Lipinski definition) is 6. The highest BCUT2D eigenvalue weighted by atomic mass is 32.1. The molecular weight excluding hydrogens is 442 g/mol. The third-order valence-electron chi connectivity index (χ3n) is 5.47. The summed E-state index contributed by atoms with van der Waals surface area (Å²) in [4.78, 5) is 30.6. The molecule has 1 aliphatic rings. The summed E-state index contributed by atoms with van der Waals surface area (Å²) in [5.41, 5.74) is 2.99. The number of hydrazone groups is 1. The van der Waals surface area contributed by atoms with E-state index in [1.54, 1.807) is 22.7 Å². The van der Waals surface area contributed by atoms with E-state index < -0.39 is 5.97 Å². The third kappa shape index (κ3) is 4.24. The molecule has 1 aliphatic heterocycles. The summed E-state index contributed by atoms with van der Waals surface area (Å²) in [6.07, 6.45) is 3.34. The van der Waals surface area contributed by atoms with Gasteiger partial charge in [-0.05, 0) is 40.9 Å². The van der Waals surface area contributed by atoms with Gasteiger partial charge in [0.15, 0.2) is 6.61 Å². The number of nitrogens with one attached hydrogen (secondary N) is 1. The number of aromatic nitrogens is 1. The lowest BCUT2D eigenvalue weighted by atomic mass is 10.1. The predicted octanol–water partition coefficient (Wildman–Crippen LogP) is 5.14. The van der Waals surface area contributed by atoms with Gasteiger partial charge in [-0.15, -0.1) is 22.7 Å². The molecule has 0 saturated heterocycles. The fraction of sp³-hybridized carbons (Fsp3) is 0.208. The molecular formula is C24H21N3O3S2. The molecule has 0 spiro atoms. The average molecular weight is 464 g/mol. The van der Waals surface area contributed by atoms with Crippen molar-refractivity contribution in [2.75, 3.05) is 6.61 Å². The van der Waals surface area contributed by atoms with Crippen LogP contribution in [0.1, 0.15) is 34.2 Å². The summed E-state index contributed by atoms with van der Waals surface area (Å²) in [5, 5.41) is 11.2. The standard InChI is InChI=1S/C24H21N3O3S2/c28-23(15-30-24(29)10-9-16-14-25-18-6-2-1-5-17(16)18)27-20(22-8-4-12-32-22)13-19(26-27)21-7-3-11-31-21/h1-8,11-12,14,20,25H,9-10,13,15H2. The Kier molecular flexibility index (Phi) is 5.87. The van der Waals surface area contributed by atoms with Gasteiger partial charge < -0.3 is 9.72 Å². The second kappa shape index (κ2) is 9.10. The molecule has 8 heteroatoms. The van der Waals surface area contributed by atoms with E-state index in [1.807, 2.05) is 65.5 Å². The quantitative estimate of drug-likeness (QED) is 0.386. The molecule has 0 bridgehead atoms. The van der Waals surface area contributed by atoms with Crippen molar-refractivity contribution in [2.45, 2.75) is 25.3 Å². The highest BCUT2D eigenvalue weighted by Crippen LogP contribution is 2.35. The number of fused-ring (bicyclic) bond motifs is 1. The van der Waals surface area contributed by atoms with Gasteiger partial charge in [-0.25, -0.2) is 5.01 Å². The first kappa shape index (κ1) is 20.7. The molecule has 1 aromatic carbocycles. The molecule has 1 amide bonds. The van der Waals surface area contributed by atoms with Crippen molar-refractivity contribution in [1.82, 2.24) is 9.99 Å². The zero-order valence-electron chi connectivity index (χ0n) is 17.2. The molecule has 32 heavy (non-hydrogen) atoms. The lowest BCUT2D eigenvalue weighted by molar-refractivity contribution is -0.152. The Morgan fingerprint density at radius 1 is 1.09 bits per heavy atom. The summed E-state index contributed by atoms with van der Waals surface area (Å²) < 4.78 is 5.31. The van der Waals surface area contributed by atoms with Gasteiger partial charge in [0.1, 0.15) is 0 Å². The smallest absolute Gasteiger partial charge is 0.306 e. The summed E-state index contributed by atoms with van der Waals surface area (Å²) >= 11 is 3.20. The number of carbonyl (C=O) groups is 2. The molecule has 0 radical (unpaired) electrons. The van der Waals surface area contributed by atoms with E-state index in [4.69, 9.17) is 4.74 Å². The third-order valence-corrected chi connectivity index (χ3v) is 7.37. The fourth-order valence-electron chi connectivity index (χ4n) is 3.89. The minimum Gasteiger partial charge on any atom is -0.455 e. The largest absolute Gasteiger partial charge is 0.455 e. The highest BCUT2D eigenvalue weighted by molar-refractivity contribution is 7.12. The number of amides is 1. The van der Waals surface area contributed by atoms with Crippen LogP contribution in [0.4, 0.5) is 0 Å². The molecule has 4 heterocycles. The van der Waals surface area contributed by atoms with Gasteiger partial charge in [0.05, 0.1) is 16.6 Å². The predicted molar refractivity (Wildman–Crippen MR) is 127 cm³/mol. The number of aryl methyl sites for hydroxylation is 1. The van der Waals surface area contributed by atoms with Crippen LogP contribution >= 0.6 is 22.7 Å². The number of benzene rings is 1. The molecule has 162 valence electrons. The van der Waals surface area contributed by atoms with Crippen LogP contribution in [0, 0.1) is 0 Å². The van der Waals surface area contributed by atoms with E-state index >= 15 is 0 Å². The number of H-pyrrole nitrogens is 1. The minimum atomic E-state index is -0.391. The maximum Gasteiger partial charge on any atom is 0.306 e. The number of esters is 1. The molecule has 0 fully saturated rings. The lowest BCUT2D eigenvalue weighted by Gasteiger charge is -2.20. The summed E-state index contributed by atoms with van der Waals surface area (Å²) in [6, 6.07) is 15.8. The van der Waals surface area contributed by atoms with Gasteiger partial charge in [0.25, 0.3) is 5.91 Å². The van der Waals surface area contributed by atoms with Crippen molar-refractivity contribution in [2.24, 2.45) is 5.10 Å². The first-order valence-corrected chi connectivity index (χ1v) is 12.1. The summed E-state index contributed by atoms with van der Waals surface area (Å²) in [5.74, 6) is -0.701. The van der Waals surface area contributed by atoms with Gasteiger partial charge in [0, 0.05) is 34.8 Å². The van der Waals surface area contributed by atoms with Crippen LogP contribution in [-0.4, -0.2) is 34.2 Å². The topological polar surface area (TPSA) is 74.8 Å². The summed E-state index contributed by atoms with van der Waals surface area (Å²) in [6.45, 7) is -0.310. The Morgan fingerprint density at radius 3 is 2.75 bits per heavy atom. The number of nitrogens with zero attached hydrogens (tertiary/aromatic N) is 2. The molecule has 1 N–H and O–H groups in total. The van der Waals surface area contributed by atoms with Crippen molar-refractivity contribution in [3.05, 3.63) is 80.8 Å². The number of hydrogen-bond donors (Lipinski definition) is 1. The number of ether oxygens (including phenoxy) is 1. The molecule has 5 rings (SSSR count). The Morgan fingerprint density at radius 2 is 1.94 bits per heavy atom. The van der Waals surface area contributed by atoms with Crippen LogP contribution in [0.25, 0.3) is 10.9 Å². The van der Waals surface area contributed by atoms with Crippen LogP contribution < -0.4 is 0 Å². The fourth-order valence-corrected chi connectivity index (χ4v) is 5.42. The monoisotopic (exact) mass is 463 g/mol. The van der Waals surface area contributed by atoms with E-state index in [9.17, 15) is 9.59 Å². The van der Waals surface area contributed by atoms with Crippen molar-refractivity contribution in [3.8, 4) is 0 Å². The Balaban J connectivity index is 1.21. The number of para-hydroxylation sites is 1. The van der Waals surface area contributed by atoms with Crippen molar-refractivity contribution >= 4 is 51.2 Å². The maximum absolute atomic E-state index is 12.9. The van der Waals surface area contributed by atoms with Crippen LogP contribution in [0.5, 0.6) is 0 Å². The van der Waals surface area contributed by atoms with Crippen LogP contribution in [0.3, 0.4) is 0 Å². The number of rotatable bonds is 7. The van der Waals surface area contributed by atoms with E-state index in [1.165, 1.54) is 5.01 Å². The van der Waals surface area contributed by atoms with Crippen LogP contribution in [-0.2, 0) is 20.7 Å². The van der Waals surface area contributed by atoms with Gasteiger partial charge in [-0.3, -0.25) is 9.59 Å². The second-order valence-electron chi connectivity index (χ2n) is 7.52. The molecule has 1 unspecified atom stereocenters. The van der Waals surface area contributed by atoms with E-state index in [0.29, 0.717) is 12.8 Å². The highest BCUT2D eigenvalue weighted by Gasteiger charge is 2.34.